The Morgan fingerprint density at radius 3 is 2.83 bits per heavy atom. The molecule has 0 atom stereocenters. The molecule has 4 rings (SSSR count). The summed E-state index contributed by atoms with van der Waals surface area (Å²) in [5, 5.41) is 4.24. The highest BCUT2D eigenvalue weighted by Crippen LogP contribution is 2.30. The van der Waals surface area contributed by atoms with Gasteiger partial charge in [0.25, 0.3) is 0 Å². The van der Waals surface area contributed by atoms with Crippen molar-refractivity contribution >= 4 is 34.0 Å². The van der Waals surface area contributed by atoms with Gasteiger partial charge in [-0.2, -0.15) is 0 Å². The molecule has 3 aromatic rings. The fraction of sp³-hybridized carbons (Fsp3) is 0.333. The summed E-state index contributed by atoms with van der Waals surface area (Å²) in [6.45, 7) is 5.19. The number of rotatable bonds is 7. The molecular weight excluding hydrogens is 395 g/mol. The van der Waals surface area contributed by atoms with Crippen LogP contribution in [0.4, 0.5) is 15.9 Å². The molecule has 0 unspecified atom stereocenters. The normalized spacial score (nSPS) is 14.8. The van der Waals surface area contributed by atoms with Crippen molar-refractivity contribution in [1.29, 1.82) is 0 Å². The number of anilines is 2. The molecule has 1 N–H and O–H groups in total. The number of aromatic nitrogens is 2. The van der Waals surface area contributed by atoms with Crippen molar-refractivity contribution in [3.63, 3.8) is 0 Å². The number of hydrogen-bond donors (Lipinski definition) is 1. The second-order valence-electron chi connectivity index (χ2n) is 6.81. The Kier molecular flexibility index (Phi) is 6.39. The first kappa shape index (κ1) is 19.8. The minimum absolute atomic E-state index is 0.285. The van der Waals surface area contributed by atoms with E-state index in [0.717, 1.165) is 55.9 Å². The van der Waals surface area contributed by atoms with Gasteiger partial charge >= 0.3 is 0 Å². The van der Waals surface area contributed by atoms with Crippen LogP contribution < -0.4 is 10.1 Å². The molecule has 0 bridgehead atoms. The lowest BCUT2D eigenvalue weighted by Gasteiger charge is -2.26. The number of morpholine rings is 1. The standard InChI is InChI=1S/C21H22ClFN4O2/c22-18-12-15(23)2-4-20(18)26-21-17-13-16(3-5-19(17)24-14-25-21)29-9-1-6-27-7-10-28-11-8-27/h2-5,12-14H,1,6-11H2,(H,24,25,26). The molecule has 1 aliphatic heterocycles. The van der Waals surface area contributed by atoms with Gasteiger partial charge in [-0.1, -0.05) is 11.6 Å². The van der Waals surface area contributed by atoms with Gasteiger partial charge in [-0.3, -0.25) is 4.90 Å². The topological polar surface area (TPSA) is 59.5 Å². The van der Waals surface area contributed by atoms with Crippen molar-refractivity contribution in [3.8, 4) is 5.75 Å². The highest BCUT2D eigenvalue weighted by Gasteiger charge is 2.11. The van der Waals surface area contributed by atoms with Gasteiger partial charge in [0, 0.05) is 25.0 Å². The summed E-state index contributed by atoms with van der Waals surface area (Å²) >= 11 is 6.13. The van der Waals surface area contributed by atoms with E-state index >= 15 is 0 Å². The Hall–Kier alpha value is -2.48. The number of ether oxygens (including phenoxy) is 2. The summed E-state index contributed by atoms with van der Waals surface area (Å²) in [5.41, 5.74) is 1.35. The van der Waals surface area contributed by atoms with E-state index in [1.807, 2.05) is 18.2 Å². The van der Waals surface area contributed by atoms with Crippen LogP contribution in [0.3, 0.4) is 0 Å². The lowest BCUT2D eigenvalue weighted by molar-refractivity contribution is 0.0358. The number of halogens is 2. The lowest BCUT2D eigenvalue weighted by atomic mass is 10.2. The van der Waals surface area contributed by atoms with Crippen LogP contribution in [0.1, 0.15) is 6.42 Å². The molecule has 0 saturated carbocycles. The number of benzene rings is 2. The molecule has 0 aliphatic carbocycles. The first-order valence-corrected chi connectivity index (χ1v) is 9.96. The number of hydrogen-bond acceptors (Lipinski definition) is 6. The van der Waals surface area contributed by atoms with Crippen LogP contribution in [-0.4, -0.2) is 54.3 Å². The second kappa shape index (κ2) is 9.35. The molecule has 1 fully saturated rings. The van der Waals surface area contributed by atoms with E-state index < -0.39 is 0 Å². The maximum Gasteiger partial charge on any atom is 0.141 e. The smallest absolute Gasteiger partial charge is 0.141 e. The van der Waals surface area contributed by atoms with Gasteiger partial charge in [-0.25, -0.2) is 14.4 Å². The van der Waals surface area contributed by atoms with E-state index in [-0.39, 0.29) is 10.8 Å². The molecule has 2 heterocycles. The Morgan fingerprint density at radius 2 is 2.00 bits per heavy atom. The van der Waals surface area contributed by atoms with Crippen LogP contribution in [-0.2, 0) is 4.74 Å². The SMILES string of the molecule is Fc1ccc(Nc2ncnc3ccc(OCCCN4CCOCC4)cc23)c(Cl)c1. The van der Waals surface area contributed by atoms with Crippen LogP contribution >= 0.6 is 11.6 Å². The average molecular weight is 417 g/mol. The minimum atomic E-state index is -0.388. The van der Waals surface area contributed by atoms with Crippen LogP contribution in [0.5, 0.6) is 5.75 Å². The van der Waals surface area contributed by atoms with Gasteiger partial charge < -0.3 is 14.8 Å². The van der Waals surface area contributed by atoms with Gasteiger partial charge in [0.05, 0.1) is 36.0 Å². The van der Waals surface area contributed by atoms with Crippen LogP contribution in [0, 0.1) is 5.82 Å². The molecule has 1 aromatic heterocycles. The first-order valence-electron chi connectivity index (χ1n) is 9.59. The zero-order chi connectivity index (χ0) is 20.1. The molecule has 0 spiro atoms. The first-order chi connectivity index (χ1) is 14.2. The minimum Gasteiger partial charge on any atom is -0.494 e. The van der Waals surface area contributed by atoms with Crippen molar-refractivity contribution < 1.29 is 13.9 Å². The molecule has 1 aliphatic rings. The summed E-state index contributed by atoms with van der Waals surface area (Å²) < 4.78 is 24.6. The molecule has 6 nitrogen and oxygen atoms in total. The van der Waals surface area contributed by atoms with E-state index in [1.54, 1.807) is 6.07 Å². The summed E-state index contributed by atoms with van der Waals surface area (Å²) in [7, 11) is 0. The Morgan fingerprint density at radius 1 is 1.14 bits per heavy atom. The fourth-order valence-corrected chi connectivity index (χ4v) is 3.46. The van der Waals surface area contributed by atoms with E-state index in [4.69, 9.17) is 21.1 Å². The highest BCUT2D eigenvalue weighted by molar-refractivity contribution is 6.33. The third kappa shape index (κ3) is 5.12. The highest BCUT2D eigenvalue weighted by atomic mass is 35.5. The molecule has 2 aromatic carbocycles. The summed E-state index contributed by atoms with van der Waals surface area (Å²) in [6.07, 6.45) is 2.42. The molecule has 8 heteroatoms. The van der Waals surface area contributed by atoms with Gasteiger partial charge in [0.15, 0.2) is 0 Å². The zero-order valence-electron chi connectivity index (χ0n) is 15.9. The molecule has 29 heavy (non-hydrogen) atoms. The zero-order valence-corrected chi connectivity index (χ0v) is 16.7. The van der Waals surface area contributed by atoms with Gasteiger partial charge in [-0.05, 0) is 42.8 Å². The average Bonchev–Trinajstić information content (AvgIpc) is 2.74. The summed E-state index contributed by atoms with van der Waals surface area (Å²) in [4.78, 5) is 11.0. The Labute approximate surface area is 173 Å². The predicted octanol–water partition coefficient (Wildman–Crippen LogP) is 4.27. The Bertz CT molecular complexity index is 982. The second-order valence-corrected chi connectivity index (χ2v) is 7.21. The molecule has 1 saturated heterocycles. The van der Waals surface area contributed by atoms with E-state index in [1.165, 1.54) is 18.5 Å². The van der Waals surface area contributed by atoms with Gasteiger partial charge in [0.2, 0.25) is 0 Å². The monoisotopic (exact) mass is 416 g/mol. The largest absolute Gasteiger partial charge is 0.494 e. The van der Waals surface area contributed by atoms with Crippen LogP contribution in [0.25, 0.3) is 10.9 Å². The maximum absolute atomic E-state index is 13.3. The third-order valence-electron chi connectivity index (χ3n) is 4.78. The van der Waals surface area contributed by atoms with Crippen molar-refractivity contribution in [2.45, 2.75) is 6.42 Å². The lowest BCUT2D eigenvalue weighted by Crippen LogP contribution is -2.37. The van der Waals surface area contributed by atoms with Gasteiger partial charge in [-0.15, -0.1) is 0 Å². The summed E-state index contributed by atoms with van der Waals surface area (Å²) in [6, 6.07) is 9.89. The number of fused-ring (bicyclic) bond motifs is 1. The molecule has 0 radical (unpaired) electrons. The van der Waals surface area contributed by atoms with E-state index in [0.29, 0.717) is 18.1 Å². The van der Waals surface area contributed by atoms with E-state index in [9.17, 15) is 4.39 Å². The number of nitrogens with one attached hydrogen (secondary N) is 1. The third-order valence-corrected chi connectivity index (χ3v) is 5.09. The van der Waals surface area contributed by atoms with Gasteiger partial charge in [0.1, 0.15) is 23.7 Å². The van der Waals surface area contributed by atoms with Crippen molar-refractivity contribution in [2.24, 2.45) is 0 Å². The quantitative estimate of drug-likeness (QED) is 0.580. The van der Waals surface area contributed by atoms with Crippen molar-refractivity contribution in [2.75, 3.05) is 44.8 Å². The fourth-order valence-electron chi connectivity index (χ4n) is 3.25. The van der Waals surface area contributed by atoms with Crippen LogP contribution in [0.15, 0.2) is 42.7 Å². The maximum atomic E-state index is 13.3. The van der Waals surface area contributed by atoms with Crippen LogP contribution in [0.2, 0.25) is 5.02 Å². The van der Waals surface area contributed by atoms with Crippen molar-refractivity contribution in [3.05, 3.63) is 53.6 Å². The number of nitrogens with zero attached hydrogens (tertiary/aromatic N) is 3. The molecule has 152 valence electrons. The van der Waals surface area contributed by atoms with Crippen molar-refractivity contribution in [1.82, 2.24) is 14.9 Å². The molecular formula is C21H22ClFN4O2. The predicted molar refractivity (Wildman–Crippen MR) is 112 cm³/mol. The summed E-state index contributed by atoms with van der Waals surface area (Å²) in [5.74, 6) is 0.950. The molecule has 0 amide bonds. The Balaban J connectivity index is 1.44. The van der Waals surface area contributed by atoms with E-state index in [2.05, 4.69) is 20.2 Å².